The molecular formula is C16H16N4O3. The summed E-state index contributed by atoms with van der Waals surface area (Å²) in [6.07, 6.45) is 3.83. The highest BCUT2D eigenvalue weighted by Crippen LogP contribution is 2.30. The predicted molar refractivity (Wildman–Crippen MR) is 80.3 cm³/mol. The molecule has 7 nitrogen and oxygen atoms in total. The maximum Gasteiger partial charge on any atom is 0.251 e. The van der Waals surface area contributed by atoms with E-state index in [0.717, 1.165) is 18.4 Å². The lowest BCUT2D eigenvalue weighted by Crippen LogP contribution is -2.37. The zero-order valence-corrected chi connectivity index (χ0v) is 12.4. The summed E-state index contributed by atoms with van der Waals surface area (Å²) in [5.74, 6) is 0.462. The molecule has 1 atom stereocenters. The maximum atomic E-state index is 12.3. The van der Waals surface area contributed by atoms with E-state index in [4.69, 9.17) is 4.52 Å². The molecule has 2 heterocycles. The van der Waals surface area contributed by atoms with Gasteiger partial charge >= 0.3 is 0 Å². The second-order valence-corrected chi connectivity index (χ2v) is 5.98. The number of nitrogens with one attached hydrogen (secondary N) is 1. The fraction of sp³-hybridized carbons (Fsp3) is 0.375. The van der Waals surface area contributed by atoms with Crippen LogP contribution >= 0.6 is 0 Å². The van der Waals surface area contributed by atoms with Crippen LogP contribution in [-0.2, 0) is 4.79 Å². The monoisotopic (exact) mass is 312 g/mol. The highest BCUT2D eigenvalue weighted by molar-refractivity contribution is 5.95. The van der Waals surface area contributed by atoms with Crippen molar-refractivity contribution in [2.24, 2.45) is 0 Å². The number of likely N-dealkylation sites (tertiary alicyclic amines) is 1. The Kier molecular flexibility index (Phi) is 3.33. The van der Waals surface area contributed by atoms with E-state index in [2.05, 4.69) is 15.5 Å². The molecule has 1 saturated carbocycles. The minimum atomic E-state index is -0.167. The lowest BCUT2D eigenvalue weighted by molar-refractivity contribution is -0.128. The Bertz CT molecular complexity index is 722. The van der Waals surface area contributed by atoms with Gasteiger partial charge in [0.25, 0.3) is 5.91 Å². The Morgan fingerprint density at radius 2 is 2.04 bits per heavy atom. The smallest absolute Gasteiger partial charge is 0.251 e. The lowest BCUT2D eigenvalue weighted by Gasteiger charge is -2.16. The van der Waals surface area contributed by atoms with Crippen molar-refractivity contribution in [3.05, 3.63) is 36.2 Å². The summed E-state index contributed by atoms with van der Waals surface area (Å²) >= 11 is 0. The molecule has 2 fully saturated rings. The first kappa shape index (κ1) is 13.9. The normalized spacial score (nSPS) is 20.8. The topological polar surface area (TPSA) is 88.3 Å². The molecule has 0 bridgehead atoms. The molecule has 1 aliphatic carbocycles. The van der Waals surface area contributed by atoms with Gasteiger partial charge in [-0.2, -0.15) is 4.98 Å². The van der Waals surface area contributed by atoms with E-state index in [9.17, 15) is 9.59 Å². The van der Waals surface area contributed by atoms with E-state index < -0.39 is 0 Å². The highest BCUT2D eigenvalue weighted by atomic mass is 16.5. The molecule has 0 spiro atoms. The molecule has 23 heavy (non-hydrogen) atoms. The predicted octanol–water partition coefficient (Wildman–Crippen LogP) is 1.23. The molecule has 2 amide bonds. The van der Waals surface area contributed by atoms with E-state index in [1.54, 1.807) is 24.3 Å². The van der Waals surface area contributed by atoms with Crippen molar-refractivity contribution in [2.75, 3.05) is 6.54 Å². The van der Waals surface area contributed by atoms with Gasteiger partial charge in [0.15, 0.2) is 0 Å². The standard InChI is InChI=1S/C16H16N4O3/c21-14-7-12(8-20(14)13-5-6-13)18-16(22)11-3-1-10(2-4-11)15-17-9-23-19-15/h1-4,9,12-13H,5-8H2,(H,18,22). The third-order valence-corrected chi connectivity index (χ3v) is 4.25. The van der Waals surface area contributed by atoms with Crippen LogP contribution in [0.2, 0.25) is 0 Å². The number of aromatic nitrogens is 2. The van der Waals surface area contributed by atoms with Crippen LogP contribution in [0.15, 0.2) is 35.2 Å². The molecule has 4 rings (SSSR count). The van der Waals surface area contributed by atoms with E-state index in [1.165, 1.54) is 6.39 Å². The Morgan fingerprint density at radius 3 is 2.70 bits per heavy atom. The number of amides is 2. The first-order valence-electron chi connectivity index (χ1n) is 7.68. The Labute approximate surface area is 132 Å². The second-order valence-electron chi connectivity index (χ2n) is 5.98. The Balaban J connectivity index is 1.40. The summed E-state index contributed by atoms with van der Waals surface area (Å²) in [7, 11) is 0. The number of carbonyl (C=O) groups excluding carboxylic acids is 2. The molecule has 1 aliphatic heterocycles. The van der Waals surface area contributed by atoms with Crippen LogP contribution in [0.3, 0.4) is 0 Å². The van der Waals surface area contributed by atoms with E-state index in [1.807, 2.05) is 4.90 Å². The first-order chi connectivity index (χ1) is 11.2. The van der Waals surface area contributed by atoms with Crippen molar-refractivity contribution in [1.29, 1.82) is 0 Å². The average molecular weight is 312 g/mol. The molecule has 7 heteroatoms. The van der Waals surface area contributed by atoms with Gasteiger partial charge in [-0.25, -0.2) is 0 Å². The van der Waals surface area contributed by atoms with Gasteiger partial charge in [-0.05, 0) is 25.0 Å². The minimum Gasteiger partial charge on any atom is -0.347 e. The molecule has 1 saturated heterocycles. The summed E-state index contributed by atoms with van der Waals surface area (Å²) in [6.45, 7) is 0.621. The minimum absolute atomic E-state index is 0.104. The second kappa shape index (κ2) is 5.49. The quantitative estimate of drug-likeness (QED) is 0.917. The maximum absolute atomic E-state index is 12.3. The largest absolute Gasteiger partial charge is 0.347 e. The summed E-state index contributed by atoms with van der Waals surface area (Å²) in [6, 6.07) is 7.28. The van der Waals surface area contributed by atoms with E-state index in [-0.39, 0.29) is 17.9 Å². The van der Waals surface area contributed by atoms with Crippen LogP contribution in [-0.4, -0.2) is 45.5 Å². The lowest BCUT2D eigenvalue weighted by atomic mass is 10.1. The van der Waals surface area contributed by atoms with Gasteiger partial charge < -0.3 is 14.7 Å². The Morgan fingerprint density at radius 1 is 1.26 bits per heavy atom. The average Bonchev–Trinajstić information content (AvgIpc) is 3.11. The third kappa shape index (κ3) is 2.81. The first-order valence-corrected chi connectivity index (χ1v) is 7.68. The number of benzene rings is 1. The molecule has 0 radical (unpaired) electrons. The van der Waals surface area contributed by atoms with Crippen molar-refractivity contribution in [2.45, 2.75) is 31.3 Å². The van der Waals surface area contributed by atoms with Crippen molar-refractivity contribution in [1.82, 2.24) is 20.4 Å². The van der Waals surface area contributed by atoms with Crippen LogP contribution in [0.1, 0.15) is 29.6 Å². The molecule has 2 aliphatic rings. The SMILES string of the molecule is O=C(NC1CC(=O)N(C2CC2)C1)c1ccc(-c2ncon2)cc1. The zero-order valence-electron chi connectivity index (χ0n) is 12.4. The van der Waals surface area contributed by atoms with Gasteiger partial charge in [0.1, 0.15) is 0 Å². The van der Waals surface area contributed by atoms with Crippen LogP contribution in [0.5, 0.6) is 0 Å². The van der Waals surface area contributed by atoms with Crippen LogP contribution in [0.25, 0.3) is 11.4 Å². The summed E-state index contributed by atoms with van der Waals surface area (Å²) in [5.41, 5.74) is 1.33. The summed E-state index contributed by atoms with van der Waals surface area (Å²) in [5, 5.41) is 6.69. The fourth-order valence-corrected chi connectivity index (χ4v) is 2.90. The molecule has 1 N–H and O–H groups in total. The number of carbonyl (C=O) groups is 2. The van der Waals surface area contributed by atoms with Crippen molar-refractivity contribution in [3.8, 4) is 11.4 Å². The zero-order chi connectivity index (χ0) is 15.8. The molecule has 1 unspecified atom stereocenters. The van der Waals surface area contributed by atoms with E-state index >= 15 is 0 Å². The molecule has 1 aromatic heterocycles. The van der Waals surface area contributed by atoms with Crippen molar-refractivity contribution in [3.63, 3.8) is 0 Å². The van der Waals surface area contributed by atoms with Gasteiger partial charge in [0.2, 0.25) is 18.1 Å². The third-order valence-electron chi connectivity index (χ3n) is 4.25. The summed E-state index contributed by atoms with van der Waals surface area (Å²) < 4.78 is 4.70. The number of hydrogen-bond acceptors (Lipinski definition) is 5. The van der Waals surface area contributed by atoms with Crippen LogP contribution in [0, 0.1) is 0 Å². The highest BCUT2D eigenvalue weighted by Gasteiger charge is 2.39. The van der Waals surface area contributed by atoms with Crippen LogP contribution < -0.4 is 5.32 Å². The van der Waals surface area contributed by atoms with Crippen molar-refractivity contribution >= 4 is 11.8 Å². The van der Waals surface area contributed by atoms with Crippen LogP contribution in [0.4, 0.5) is 0 Å². The number of rotatable bonds is 4. The van der Waals surface area contributed by atoms with E-state index in [0.29, 0.717) is 30.4 Å². The van der Waals surface area contributed by atoms with Gasteiger partial charge in [-0.15, -0.1) is 0 Å². The number of nitrogens with zero attached hydrogens (tertiary/aromatic N) is 3. The molecular weight excluding hydrogens is 296 g/mol. The van der Waals surface area contributed by atoms with Gasteiger partial charge in [0, 0.05) is 30.1 Å². The molecule has 2 aromatic rings. The molecule has 118 valence electrons. The summed E-state index contributed by atoms with van der Waals surface area (Å²) in [4.78, 5) is 30.1. The Hall–Kier alpha value is -2.70. The van der Waals surface area contributed by atoms with Gasteiger partial charge in [-0.1, -0.05) is 17.3 Å². The number of hydrogen-bond donors (Lipinski definition) is 1. The van der Waals surface area contributed by atoms with Crippen molar-refractivity contribution < 1.29 is 14.1 Å². The van der Waals surface area contributed by atoms with Gasteiger partial charge in [-0.3, -0.25) is 9.59 Å². The molecule has 1 aromatic carbocycles. The fourth-order valence-electron chi connectivity index (χ4n) is 2.90. The van der Waals surface area contributed by atoms with Gasteiger partial charge in [0.05, 0.1) is 6.04 Å².